The molecule has 0 atom stereocenters. The molecule has 6 heteroatoms. The molecular weight excluding hydrogens is 168 g/mol. The Kier molecular flexibility index (Phi) is 1.97. The minimum Gasteiger partial charge on any atom is -0.324 e. The van der Waals surface area contributed by atoms with Gasteiger partial charge in [-0.25, -0.2) is 15.0 Å². The van der Waals surface area contributed by atoms with Gasteiger partial charge in [0, 0.05) is 12.4 Å². The fourth-order valence-corrected chi connectivity index (χ4v) is 0.897. The largest absolute Gasteiger partial charge is 0.324 e. The fraction of sp³-hybridized carbons (Fsp3) is 0.143. The minimum absolute atomic E-state index is 0.319. The van der Waals surface area contributed by atoms with Crippen LogP contribution in [-0.4, -0.2) is 24.7 Å². The van der Waals surface area contributed by atoms with Gasteiger partial charge < -0.3 is 5.73 Å². The van der Waals surface area contributed by atoms with Gasteiger partial charge in [0.1, 0.15) is 6.33 Å². The Morgan fingerprint density at radius 2 is 2.00 bits per heavy atom. The van der Waals surface area contributed by atoms with Crippen LogP contribution in [0.5, 0.6) is 0 Å². The molecule has 2 aromatic rings. The third-order valence-electron chi connectivity index (χ3n) is 1.48. The summed E-state index contributed by atoms with van der Waals surface area (Å²) in [5.41, 5.74) is 5.36. The highest BCUT2D eigenvalue weighted by molar-refractivity contribution is 5.06. The molecule has 0 aliphatic heterocycles. The lowest BCUT2D eigenvalue weighted by molar-refractivity contribution is 0.780. The van der Waals surface area contributed by atoms with Crippen LogP contribution in [0.2, 0.25) is 0 Å². The number of hydrogen-bond acceptors (Lipinski definition) is 5. The lowest BCUT2D eigenvalue weighted by Gasteiger charge is -1.94. The Balaban J connectivity index is 2.36. The summed E-state index contributed by atoms with van der Waals surface area (Å²) in [5, 5.41) is 4.05. The zero-order valence-electron chi connectivity index (χ0n) is 6.83. The first-order valence-corrected chi connectivity index (χ1v) is 3.78. The van der Waals surface area contributed by atoms with Crippen LogP contribution in [0.1, 0.15) is 5.82 Å². The molecule has 0 saturated carbocycles. The van der Waals surface area contributed by atoms with Crippen molar-refractivity contribution in [3.05, 3.63) is 30.6 Å². The number of hydrogen-bond donors (Lipinski definition) is 1. The highest BCUT2D eigenvalue weighted by atomic mass is 15.4. The zero-order chi connectivity index (χ0) is 9.10. The van der Waals surface area contributed by atoms with Crippen molar-refractivity contribution in [2.45, 2.75) is 6.54 Å². The minimum atomic E-state index is 0.319. The SMILES string of the molecule is NCc1ncn(-c2ncccn2)n1. The third-order valence-corrected chi connectivity index (χ3v) is 1.48. The maximum absolute atomic E-state index is 5.36. The van der Waals surface area contributed by atoms with Gasteiger partial charge in [0.05, 0.1) is 6.54 Å². The molecule has 2 rings (SSSR count). The van der Waals surface area contributed by atoms with E-state index in [9.17, 15) is 0 Å². The molecule has 0 bridgehead atoms. The van der Waals surface area contributed by atoms with Gasteiger partial charge in [0.2, 0.25) is 0 Å². The molecule has 13 heavy (non-hydrogen) atoms. The summed E-state index contributed by atoms with van der Waals surface area (Å²) in [6, 6.07) is 1.74. The van der Waals surface area contributed by atoms with Gasteiger partial charge in [-0.3, -0.25) is 0 Å². The Morgan fingerprint density at radius 1 is 1.23 bits per heavy atom. The quantitative estimate of drug-likeness (QED) is 0.668. The molecule has 0 saturated heterocycles. The average molecular weight is 176 g/mol. The Morgan fingerprint density at radius 3 is 2.62 bits per heavy atom. The van der Waals surface area contributed by atoms with Crippen molar-refractivity contribution in [1.82, 2.24) is 24.7 Å². The van der Waals surface area contributed by atoms with Crippen molar-refractivity contribution in [3.8, 4) is 5.95 Å². The first-order chi connectivity index (χ1) is 6.40. The van der Waals surface area contributed by atoms with E-state index in [2.05, 4.69) is 20.1 Å². The highest BCUT2D eigenvalue weighted by Gasteiger charge is 2.01. The first-order valence-electron chi connectivity index (χ1n) is 3.78. The van der Waals surface area contributed by atoms with E-state index in [1.54, 1.807) is 18.5 Å². The second-order valence-corrected chi connectivity index (χ2v) is 2.36. The van der Waals surface area contributed by atoms with E-state index in [0.717, 1.165) is 0 Å². The molecular formula is C7H8N6. The second kappa shape index (κ2) is 3.28. The molecule has 2 N–H and O–H groups in total. The maximum atomic E-state index is 5.36. The fourth-order valence-electron chi connectivity index (χ4n) is 0.897. The van der Waals surface area contributed by atoms with Crippen LogP contribution < -0.4 is 5.73 Å². The van der Waals surface area contributed by atoms with Crippen LogP contribution in [0.4, 0.5) is 0 Å². The number of nitrogens with two attached hydrogens (primary N) is 1. The van der Waals surface area contributed by atoms with Crippen LogP contribution in [0, 0.1) is 0 Å². The van der Waals surface area contributed by atoms with E-state index in [-0.39, 0.29) is 0 Å². The van der Waals surface area contributed by atoms with Crippen LogP contribution in [0.3, 0.4) is 0 Å². The van der Waals surface area contributed by atoms with Gasteiger partial charge >= 0.3 is 0 Å². The van der Waals surface area contributed by atoms with Gasteiger partial charge in [-0.2, -0.15) is 4.68 Å². The lowest BCUT2D eigenvalue weighted by Crippen LogP contribution is -2.03. The van der Waals surface area contributed by atoms with Crippen molar-refractivity contribution in [2.24, 2.45) is 5.73 Å². The van der Waals surface area contributed by atoms with Crippen LogP contribution in [-0.2, 0) is 6.54 Å². The van der Waals surface area contributed by atoms with Gasteiger partial charge in [0.25, 0.3) is 5.95 Å². The second-order valence-electron chi connectivity index (χ2n) is 2.36. The molecule has 2 aromatic heterocycles. The monoisotopic (exact) mass is 176 g/mol. The van der Waals surface area contributed by atoms with E-state index < -0.39 is 0 Å². The topological polar surface area (TPSA) is 82.5 Å². The van der Waals surface area contributed by atoms with Crippen molar-refractivity contribution in [1.29, 1.82) is 0 Å². The predicted octanol–water partition coefficient (Wildman–Crippen LogP) is -0.484. The molecule has 0 fully saturated rings. The number of nitrogens with zero attached hydrogens (tertiary/aromatic N) is 5. The van der Waals surface area contributed by atoms with Gasteiger partial charge in [0.15, 0.2) is 5.82 Å². The molecule has 2 heterocycles. The molecule has 0 aromatic carbocycles. The molecule has 0 aliphatic carbocycles. The summed E-state index contributed by atoms with van der Waals surface area (Å²) >= 11 is 0. The molecule has 0 spiro atoms. The van der Waals surface area contributed by atoms with Crippen LogP contribution in [0.15, 0.2) is 24.8 Å². The summed E-state index contributed by atoms with van der Waals surface area (Å²) in [6.45, 7) is 0.319. The summed E-state index contributed by atoms with van der Waals surface area (Å²) < 4.78 is 1.49. The van der Waals surface area contributed by atoms with Crippen LogP contribution >= 0.6 is 0 Å². The molecule has 0 aliphatic rings. The maximum Gasteiger partial charge on any atom is 0.251 e. The van der Waals surface area contributed by atoms with Gasteiger partial charge in [-0.15, -0.1) is 5.10 Å². The zero-order valence-corrected chi connectivity index (χ0v) is 6.83. The summed E-state index contributed by atoms with van der Waals surface area (Å²) in [6.07, 6.45) is 4.83. The first kappa shape index (κ1) is 7.81. The molecule has 0 radical (unpaired) electrons. The van der Waals surface area contributed by atoms with Crippen LogP contribution in [0.25, 0.3) is 5.95 Å². The Hall–Kier alpha value is -1.82. The van der Waals surface area contributed by atoms with Gasteiger partial charge in [-0.1, -0.05) is 0 Å². The normalized spacial score (nSPS) is 10.2. The summed E-state index contributed by atoms with van der Waals surface area (Å²) in [4.78, 5) is 12.0. The van der Waals surface area contributed by atoms with Crippen molar-refractivity contribution in [2.75, 3.05) is 0 Å². The smallest absolute Gasteiger partial charge is 0.251 e. The average Bonchev–Trinajstić information content (AvgIpc) is 2.67. The lowest BCUT2D eigenvalue weighted by atomic mass is 10.6. The van der Waals surface area contributed by atoms with Crippen molar-refractivity contribution < 1.29 is 0 Å². The number of rotatable bonds is 2. The summed E-state index contributed by atoms with van der Waals surface area (Å²) in [5.74, 6) is 1.07. The molecule has 6 nitrogen and oxygen atoms in total. The van der Waals surface area contributed by atoms with E-state index in [0.29, 0.717) is 18.3 Å². The third kappa shape index (κ3) is 1.52. The molecule has 0 unspecified atom stereocenters. The standard InChI is InChI=1S/C7H8N6/c8-4-6-11-5-13(12-6)7-9-2-1-3-10-7/h1-3,5H,4,8H2. The van der Waals surface area contributed by atoms with Gasteiger partial charge in [-0.05, 0) is 6.07 Å². The van der Waals surface area contributed by atoms with Crippen molar-refractivity contribution >= 4 is 0 Å². The Bertz CT molecular complexity index is 381. The van der Waals surface area contributed by atoms with Crippen molar-refractivity contribution in [3.63, 3.8) is 0 Å². The predicted molar refractivity (Wildman–Crippen MR) is 44.8 cm³/mol. The van der Waals surface area contributed by atoms with E-state index in [1.165, 1.54) is 11.0 Å². The molecule has 66 valence electrons. The van der Waals surface area contributed by atoms with E-state index in [1.807, 2.05) is 0 Å². The highest BCUT2D eigenvalue weighted by Crippen LogP contribution is 1.95. The van der Waals surface area contributed by atoms with E-state index >= 15 is 0 Å². The summed E-state index contributed by atoms with van der Waals surface area (Å²) in [7, 11) is 0. The van der Waals surface area contributed by atoms with E-state index in [4.69, 9.17) is 5.73 Å². The Labute approximate surface area is 74.5 Å². The number of aromatic nitrogens is 5. The molecule has 0 amide bonds.